The molecule has 0 aliphatic rings. The summed E-state index contributed by atoms with van der Waals surface area (Å²) < 4.78 is 2.70. The molecule has 6 heteroatoms. The Morgan fingerprint density at radius 2 is 2.24 bits per heavy atom. The average molecular weight is 299 g/mol. The van der Waals surface area contributed by atoms with Crippen molar-refractivity contribution < 1.29 is 5.11 Å². The molecule has 0 aliphatic carbocycles. The Hall–Kier alpha value is -1.14. The minimum absolute atomic E-state index is 0.264. The van der Waals surface area contributed by atoms with Crippen LogP contribution < -0.4 is 5.32 Å². The lowest BCUT2D eigenvalue weighted by molar-refractivity contribution is 0.283. The highest BCUT2D eigenvalue weighted by Crippen LogP contribution is 2.16. The first-order valence-corrected chi connectivity index (χ1v) is 6.44. The summed E-state index contributed by atoms with van der Waals surface area (Å²) in [6, 6.07) is 0. The summed E-state index contributed by atoms with van der Waals surface area (Å²) >= 11 is 3.37. The van der Waals surface area contributed by atoms with Gasteiger partial charge in [-0.25, -0.2) is 9.97 Å². The van der Waals surface area contributed by atoms with E-state index < -0.39 is 0 Å². The second kappa shape index (κ2) is 5.97. The third kappa shape index (κ3) is 3.17. The van der Waals surface area contributed by atoms with Crippen LogP contribution in [-0.4, -0.2) is 32.6 Å². The van der Waals surface area contributed by atoms with Crippen molar-refractivity contribution in [1.29, 1.82) is 0 Å². The van der Waals surface area contributed by atoms with Crippen LogP contribution in [0.3, 0.4) is 0 Å². The molecule has 0 spiro atoms. The zero-order valence-electron chi connectivity index (χ0n) is 9.43. The first-order chi connectivity index (χ1) is 8.31. The Kier molecular flexibility index (Phi) is 4.33. The van der Waals surface area contributed by atoms with E-state index in [9.17, 15) is 0 Å². The van der Waals surface area contributed by atoms with Crippen molar-refractivity contribution in [2.24, 2.45) is 0 Å². The molecule has 2 heterocycles. The van der Waals surface area contributed by atoms with Gasteiger partial charge in [0, 0.05) is 31.7 Å². The highest BCUT2D eigenvalue weighted by Gasteiger charge is 2.05. The molecule has 0 amide bonds. The maximum absolute atomic E-state index is 8.68. The summed E-state index contributed by atoms with van der Waals surface area (Å²) in [7, 11) is 0. The molecular formula is C11H15BrN4O. The van der Waals surface area contributed by atoms with E-state index in [2.05, 4.69) is 31.2 Å². The summed E-state index contributed by atoms with van der Waals surface area (Å²) in [4.78, 5) is 8.62. The first kappa shape index (κ1) is 12.3. The number of aliphatic hydroxyl groups excluding tert-OH is 1. The van der Waals surface area contributed by atoms with Gasteiger partial charge in [-0.05, 0) is 35.2 Å². The highest BCUT2D eigenvalue weighted by molar-refractivity contribution is 9.10. The summed E-state index contributed by atoms with van der Waals surface area (Å²) in [6.45, 7) is 1.10. The third-order valence-corrected chi connectivity index (χ3v) is 2.85. The molecule has 92 valence electrons. The smallest absolute Gasteiger partial charge is 0.180 e. The molecule has 0 unspecified atom stereocenters. The minimum Gasteiger partial charge on any atom is -0.396 e. The predicted octanol–water partition coefficient (Wildman–Crippen LogP) is 2.07. The Morgan fingerprint density at radius 1 is 1.35 bits per heavy atom. The lowest BCUT2D eigenvalue weighted by Crippen LogP contribution is -2.06. The van der Waals surface area contributed by atoms with Gasteiger partial charge in [-0.15, -0.1) is 0 Å². The summed E-state index contributed by atoms with van der Waals surface area (Å²) in [5.41, 5.74) is 0.829. The molecule has 0 aliphatic heterocycles. The molecule has 0 atom stereocenters. The lowest BCUT2D eigenvalue weighted by atomic mass is 10.2. The molecule has 2 aromatic rings. The topological polar surface area (TPSA) is 62.5 Å². The minimum atomic E-state index is 0.264. The number of unbranched alkanes of at least 4 members (excludes halogenated alkanes) is 2. The lowest BCUT2D eigenvalue weighted by Gasteiger charge is -2.07. The van der Waals surface area contributed by atoms with E-state index >= 15 is 0 Å². The largest absolute Gasteiger partial charge is 0.396 e. The van der Waals surface area contributed by atoms with E-state index in [1.165, 1.54) is 0 Å². The van der Waals surface area contributed by atoms with Gasteiger partial charge in [0.1, 0.15) is 4.60 Å². The first-order valence-electron chi connectivity index (χ1n) is 5.65. The number of nitrogens with zero attached hydrogens (tertiary/aromatic N) is 3. The van der Waals surface area contributed by atoms with Gasteiger partial charge < -0.3 is 14.8 Å². The summed E-state index contributed by atoms with van der Waals surface area (Å²) in [5.74, 6) is 0.786. The van der Waals surface area contributed by atoms with Gasteiger partial charge in [0.2, 0.25) is 0 Å². The second-order valence-corrected chi connectivity index (χ2v) is 4.59. The van der Waals surface area contributed by atoms with Gasteiger partial charge in [-0.2, -0.15) is 0 Å². The van der Waals surface area contributed by atoms with Gasteiger partial charge in [-0.3, -0.25) is 0 Å². The van der Waals surface area contributed by atoms with Crippen molar-refractivity contribution in [3.63, 3.8) is 0 Å². The van der Waals surface area contributed by atoms with Gasteiger partial charge in [0.15, 0.2) is 11.5 Å². The van der Waals surface area contributed by atoms with Crippen molar-refractivity contribution in [1.82, 2.24) is 14.4 Å². The maximum atomic E-state index is 8.68. The molecule has 0 bridgehead atoms. The monoisotopic (exact) mass is 298 g/mol. The number of rotatable bonds is 6. The van der Waals surface area contributed by atoms with E-state index in [-0.39, 0.29) is 6.61 Å². The molecule has 2 rings (SSSR count). The predicted molar refractivity (Wildman–Crippen MR) is 70.1 cm³/mol. The number of aromatic nitrogens is 3. The fraction of sp³-hybridized carbons (Fsp3) is 0.455. The van der Waals surface area contributed by atoms with Crippen molar-refractivity contribution in [3.8, 4) is 0 Å². The van der Waals surface area contributed by atoms with Gasteiger partial charge in [-0.1, -0.05) is 0 Å². The Labute approximate surface area is 108 Å². The molecule has 17 heavy (non-hydrogen) atoms. The molecule has 0 saturated heterocycles. The second-order valence-electron chi connectivity index (χ2n) is 3.78. The van der Waals surface area contributed by atoms with Crippen LogP contribution in [0.15, 0.2) is 23.2 Å². The number of halogens is 1. The summed E-state index contributed by atoms with van der Waals surface area (Å²) in [5, 5.41) is 11.9. The fourth-order valence-electron chi connectivity index (χ4n) is 1.64. The number of aliphatic hydroxyl groups is 1. The van der Waals surface area contributed by atoms with Crippen molar-refractivity contribution >= 4 is 27.4 Å². The number of imidazole rings is 1. The molecule has 0 aromatic carbocycles. The van der Waals surface area contributed by atoms with Crippen molar-refractivity contribution in [2.75, 3.05) is 18.5 Å². The van der Waals surface area contributed by atoms with Crippen molar-refractivity contribution in [2.45, 2.75) is 19.3 Å². The number of hydrogen-bond acceptors (Lipinski definition) is 4. The Balaban J connectivity index is 2.00. The van der Waals surface area contributed by atoms with Crippen LogP contribution in [0.25, 0.3) is 5.65 Å². The van der Waals surface area contributed by atoms with Crippen molar-refractivity contribution in [3.05, 3.63) is 23.2 Å². The molecule has 0 fully saturated rings. The zero-order chi connectivity index (χ0) is 12.1. The number of anilines is 1. The Morgan fingerprint density at radius 3 is 3.06 bits per heavy atom. The Bertz CT molecular complexity index is 485. The molecule has 5 nitrogen and oxygen atoms in total. The third-order valence-electron chi connectivity index (χ3n) is 2.47. The maximum Gasteiger partial charge on any atom is 0.180 e. The molecule has 0 radical (unpaired) electrons. The van der Waals surface area contributed by atoms with Gasteiger partial charge in [0.05, 0.1) is 0 Å². The highest BCUT2D eigenvalue weighted by atomic mass is 79.9. The number of fused-ring (bicyclic) bond motifs is 1. The average Bonchev–Trinajstić information content (AvgIpc) is 2.76. The van der Waals surface area contributed by atoms with E-state index in [1.807, 2.05) is 16.8 Å². The molecule has 2 N–H and O–H groups in total. The van der Waals surface area contributed by atoms with Crippen LogP contribution in [0.4, 0.5) is 5.82 Å². The van der Waals surface area contributed by atoms with Crippen LogP contribution in [0, 0.1) is 0 Å². The fourth-order valence-corrected chi connectivity index (χ4v) is 2.04. The standard InChI is InChI=1S/C11H15BrN4O/c12-9-8-16-6-5-14-11(16)10(15-9)13-4-2-1-3-7-17/h5-6,8,17H,1-4,7H2,(H,13,15). The van der Waals surface area contributed by atoms with E-state index in [1.54, 1.807) is 6.20 Å². The normalized spacial score (nSPS) is 10.9. The van der Waals surface area contributed by atoms with E-state index in [0.717, 1.165) is 41.9 Å². The SMILES string of the molecule is OCCCCCNc1nc(Br)cn2ccnc12. The van der Waals surface area contributed by atoms with Crippen LogP contribution >= 0.6 is 15.9 Å². The van der Waals surface area contributed by atoms with Gasteiger partial charge in [0.25, 0.3) is 0 Å². The zero-order valence-corrected chi connectivity index (χ0v) is 11.0. The van der Waals surface area contributed by atoms with Gasteiger partial charge >= 0.3 is 0 Å². The molecule has 2 aromatic heterocycles. The number of nitrogens with one attached hydrogen (secondary N) is 1. The molecular weight excluding hydrogens is 284 g/mol. The number of hydrogen-bond donors (Lipinski definition) is 2. The van der Waals surface area contributed by atoms with Crippen LogP contribution in [0.2, 0.25) is 0 Å². The van der Waals surface area contributed by atoms with Crippen LogP contribution in [0.5, 0.6) is 0 Å². The van der Waals surface area contributed by atoms with E-state index in [0.29, 0.717) is 0 Å². The van der Waals surface area contributed by atoms with E-state index in [4.69, 9.17) is 5.11 Å². The molecule has 0 saturated carbocycles. The quantitative estimate of drug-likeness (QED) is 0.802. The van der Waals surface area contributed by atoms with Crippen LogP contribution in [0.1, 0.15) is 19.3 Å². The summed E-state index contributed by atoms with van der Waals surface area (Å²) in [6.07, 6.45) is 8.40. The van der Waals surface area contributed by atoms with Crippen LogP contribution in [-0.2, 0) is 0 Å².